The Hall–Kier alpha value is -2.34. The summed E-state index contributed by atoms with van der Waals surface area (Å²) in [5.41, 5.74) is 0.750. The zero-order valence-electron chi connectivity index (χ0n) is 13.3. The van der Waals surface area contributed by atoms with Gasteiger partial charge in [-0.25, -0.2) is 9.59 Å². The third kappa shape index (κ3) is 2.30. The summed E-state index contributed by atoms with van der Waals surface area (Å²) < 4.78 is 10.4. The molecule has 2 N–H and O–H groups in total. The van der Waals surface area contributed by atoms with Gasteiger partial charge in [-0.2, -0.15) is 0 Å². The fourth-order valence-electron chi connectivity index (χ4n) is 3.15. The van der Waals surface area contributed by atoms with Crippen LogP contribution in [0.15, 0.2) is 24.3 Å². The van der Waals surface area contributed by atoms with Gasteiger partial charge in [0, 0.05) is 17.4 Å². The minimum atomic E-state index is -1.63. The normalized spacial score (nSPS) is 15.9. The molecular formula is C17H20N2O4. The Morgan fingerprint density at radius 2 is 1.78 bits per heavy atom. The standard InChI is InChI=1S/C17H20N2O4/c1-3-22-15(20)17(16(21)23-4-2)14-12(9-10-18-17)11-7-5-6-8-13(11)19-14/h5-8,18-19H,3-4,9-10H2,1-2H3. The smallest absolute Gasteiger partial charge is 0.344 e. The summed E-state index contributed by atoms with van der Waals surface area (Å²) in [4.78, 5) is 28.6. The van der Waals surface area contributed by atoms with E-state index in [9.17, 15) is 9.59 Å². The number of H-pyrrole nitrogens is 1. The molecule has 0 unspecified atom stereocenters. The number of benzene rings is 1. The average molecular weight is 316 g/mol. The van der Waals surface area contributed by atoms with Crippen molar-refractivity contribution < 1.29 is 19.1 Å². The molecule has 6 nitrogen and oxygen atoms in total. The number of para-hydroxylation sites is 1. The van der Waals surface area contributed by atoms with Crippen molar-refractivity contribution in [3.05, 3.63) is 35.5 Å². The maximum Gasteiger partial charge on any atom is 0.344 e. The van der Waals surface area contributed by atoms with Crippen LogP contribution in [0.5, 0.6) is 0 Å². The Labute approximate surface area is 134 Å². The van der Waals surface area contributed by atoms with Crippen molar-refractivity contribution in [2.75, 3.05) is 19.8 Å². The summed E-state index contributed by atoms with van der Waals surface area (Å²) in [6.07, 6.45) is 0.722. The van der Waals surface area contributed by atoms with Crippen LogP contribution in [0.4, 0.5) is 0 Å². The van der Waals surface area contributed by atoms with Gasteiger partial charge in [-0.15, -0.1) is 0 Å². The Morgan fingerprint density at radius 3 is 2.43 bits per heavy atom. The number of nitrogens with one attached hydrogen (secondary N) is 2. The lowest BCUT2D eigenvalue weighted by atomic mass is 9.86. The molecule has 0 saturated carbocycles. The first kappa shape index (κ1) is 15.6. The molecule has 0 radical (unpaired) electrons. The molecule has 2 aromatic rings. The van der Waals surface area contributed by atoms with Crippen molar-refractivity contribution in [1.82, 2.24) is 10.3 Å². The van der Waals surface area contributed by atoms with Crippen molar-refractivity contribution in [3.8, 4) is 0 Å². The zero-order chi connectivity index (χ0) is 16.4. The van der Waals surface area contributed by atoms with Crippen LogP contribution in [0.2, 0.25) is 0 Å². The first-order valence-electron chi connectivity index (χ1n) is 7.84. The molecule has 0 saturated heterocycles. The predicted octanol–water partition coefficient (Wildman–Crippen LogP) is 1.64. The molecule has 0 aliphatic carbocycles. The van der Waals surface area contributed by atoms with Crippen LogP contribution < -0.4 is 5.32 Å². The molecule has 2 heterocycles. The Bertz CT molecular complexity index is 732. The summed E-state index contributed by atoms with van der Waals surface area (Å²) in [6, 6.07) is 7.76. The van der Waals surface area contributed by atoms with E-state index in [0.717, 1.165) is 22.9 Å². The quantitative estimate of drug-likeness (QED) is 0.662. The molecule has 1 aliphatic heterocycles. The average Bonchev–Trinajstić information content (AvgIpc) is 2.94. The second kappa shape index (κ2) is 6.04. The number of fused-ring (bicyclic) bond motifs is 3. The highest BCUT2D eigenvalue weighted by atomic mass is 16.6. The number of hydrogen-bond acceptors (Lipinski definition) is 5. The van der Waals surface area contributed by atoms with Gasteiger partial charge in [0.1, 0.15) is 0 Å². The van der Waals surface area contributed by atoms with Crippen LogP contribution in [-0.2, 0) is 31.0 Å². The van der Waals surface area contributed by atoms with Crippen molar-refractivity contribution in [2.45, 2.75) is 25.8 Å². The molecule has 0 atom stereocenters. The number of esters is 2. The van der Waals surface area contributed by atoms with E-state index in [2.05, 4.69) is 10.3 Å². The van der Waals surface area contributed by atoms with E-state index in [1.54, 1.807) is 13.8 Å². The van der Waals surface area contributed by atoms with E-state index in [0.29, 0.717) is 12.2 Å². The van der Waals surface area contributed by atoms with Crippen LogP contribution in [0.25, 0.3) is 10.9 Å². The molecule has 6 heteroatoms. The van der Waals surface area contributed by atoms with Crippen LogP contribution in [0.1, 0.15) is 25.1 Å². The van der Waals surface area contributed by atoms with Gasteiger partial charge in [0.05, 0.1) is 18.9 Å². The van der Waals surface area contributed by atoms with Crippen molar-refractivity contribution in [1.29, 1.82) is 0 Å². The fraction of sp³-hybridized carbons (Fsp3) is 0.412. The first-order valence-corrected chi connectivity index (χ1v) is 7.84. The Kier molecular flexibility index (Phi) is 4.09. The first-order chi connectivity index (χ1) is 11.1. The van der Waals surface area contributed by atoms with E-state index >= 15 is 0 Å². The van der Waals surface area contributed by atoms with Gasteiger partial charge in [-0.1, -0.05) is 18.2 Å². The number of carbonyl (C=O) groups excluding carboxylic acids is 2. The van der Waals surface area contributed by atoms with Crippen LogP contribution in [-0.4, -0.2) is 36.7 Å². The van der Waals surface area contributed by atoms with E-state index in [1.165, 1.54) is 0 Å². The van der Waals surface area contributed by atoms with Gasteiger partial charge in [0.2, 0.25) is 0 Å². The molecule has 3 rings (SSSR count). The minimum absolute atomic E-state index is 0.192. The molecule has 0 spiro atoms. The summed E-state index contributed by atoms with van der Waals surface area (Å²) >= 11 is 0. The molecule has 122 valence electrons. The largest absolute Gasteiger partial charge is 0.464 e. The summed E-state index contributed by atoms with van der Waals surface area (Å²) in [5, 5.41) is 4.05. The minimum Gasteiger partial charge on any atom is -0.464 e. The van der Waals surface area contributed by atoms with Crippen molar-refractivity contribution >= 4 is 22.8 Å². The van der Waals surface area contributed by atoms with E-state index in [-0.39, 0.29) is 13.2 Å². The monoisotopic (exact) mass is 316 g/mol. The van der Waals surface area contributed by atoms with Gasteiger partial charge in [0.15, 0.2) is 0 Å². The van der Waals surface area contributed by atoms with Gasteiger partial charge in [-0.3, -0.25) is 5.32 Å². The van der Waals surface area contributed by atoms with E-state index in [1.807, 2.05) is 24.3 Å². The van der Waals surface area contributed by atoms with Crippen LogP contribution in [0.3, 0.4) is 0 Å². The third-order valence-electron chi connectivity index (χ3n) is 4.12. The van der Waals surface area contributed by atoms with Gasteiger partial charge in [0.25, 0.3) is 5.54 Å². The predicted molar refractivity (Wildman–Crippen MR) is 84.9 cm³/mol. The third-order valence-corrected chi connectivity index (χ3v) is 4.12. The molecule has 0 amide bonds. The number of hydrogen-bond donors (Lipinski definition) is 2. The zero-order valence-corrected chi connectivity index (χ0v) is 13.3. The molecule has 23 heavy (non-hydrogen) atoms. The fourth-order valence-corrected chi connectivity index (χ4v) is 3.15. The highest BCUT2D eigenvalue weighted by molar-refractivity contribution is 6.07. The lowest BCUT2D eigenvalue weighted by Crippen LogP contribution is -2.60. The molecule has 0 fully saturated rings. The maximum atomic E-state index is 12.7. The summed E-state index contributed by atoms with van der Waals surface area (Å²) in [5.74, 6) is -1.27. The van der Waals surface area contributed by atoms with Crippen molar-refractivity contribution in [2.24, 2.45) is 0 Å². The molecule has 1 aromatic carbocycles. The lowest BCUT2D eigenvalue weighted by Gasteiger charge is -2.33. The highest BCUT2D eigenvalue weighted by Crippen LogP contribution is 2.35. The topological polar surface area (TPSA) is 80.4 Å². The van der Waals surface area contributed by atoms with E-state index in [4.69, 9.17) is 9.47 Å². The molecular weight excluding hydrogens is 296 g/mol. The summed E-state index contributed by atoms with van der Waals surface area (Å²) in [7, 11) is 0. The second-order valence-corrected chi connectivity index (χ2v) is 5.39. The second-order valence-electron chi connectivity index (χ2n) is 5.39. The number of rotatable bonds is 4. The van der Waals surface area contributed by atoms with E-state index < -0.39 is 17.5 Å². The SMILES string of the molecule is CCOC(=O)C1(C(=O)OCC)NCCc2c1[nH]c1ccccc21. The van der Waals surface area contributed by atoms with Gasteiger partial charge < -0.3 is 14.5 Å². The van der Waals surface area contributed by atoms with Gasteiger partial charge in [-0.05, 0) is 31.9 Å². The number of aromatic nitrogens is 1. The highest BCUT2D eigenvalue weighted by Gasteiger charge is 2.54. The maximum absolute atomic E-state index is 12.7. The number of carbonyl (C=O) groups is 2. The summed E-state index contributed by atoms with van der Waals surface area (Å²) in [6.45, 7) is 4.30. The molecule has 1 aromatic heterocycles. The number of aromatic amines is 1. The van der Waals surface area contributed by atoms with Gasteiger partial charge >= 0.3 is 11.9 Å². The van der Waals surface area contributed by atoms with Crippen molar-refractivity contribution in [3.63, 3.8) is 0 Å². The van der Waals surface area contributed by atoms with Crippen LogP contribution in [0, 0.1) is 0 Å². The Balaban J connectivity index is 2.22. The Morgan fingerprint density at radius 1 is 1.13 bits per heavy atom. The lowest BCUT2D eigenvalue weighted by molar-refractivity contribution is -0.167. The number of ether oxygens (including phenoxy) is 2. The molecule has 0 bridgehead atoms. The molecule has 1 aliphatic rings. The van der Waals surface area contributed by atoms with Crippen LogP contribution >= 0.6 is 0 Å².